The molecule has 0 saturated carbocycles. The number of benzene rings is 2. The topological polar surface area (TPSA) is 48.4 Å². The van der Waals surface area contributed by atoms with Crippen molar-refractivity contribution in [1.29, 1.82) is 0 Å². The molecule has 0 spiro atoms. The minimum atomic E-state index is 0.133. The summed E-state index contributed by atoms with van der Waals surface area (Å²) < 4.78 is 10.8. The summed E-state index contributed by atoms with van der Waals surface area (Å²) in [7, 11) is 0. The van der Waals surface area contributed by atoms with Gasteiger partial charge >= 0.3 is 0 Å². The normalized spacial score (nSPS) is 18.7. The summed E-state index contributed by atoms with van der Waals surface area (Å²) >= 11 is 0. The number of Topliss-reactive ketones (excluding diaryl/α,β-unsaturated/α-hetero) is 1. The molecule has 0 amide bonds. The lowest BCUT2D eigenvalue weighted by molar-refractivity contribution is 0.0963. The second-order valence-corrected chi connectivity index (χ2v) is 6.32. The fraction of sp³-hybridized carbons (Fsp3) is 0.200. The molecular weight excluding hydrogens is 302 g/mol. The van der Waals surface area contributed by atoms with Crippen LogP contribution in [0.5, 0.6) is 11.5 Å². The highest BCUT2D eigenvalue weighted by Crippen LogP contribution is 2.38. The third-order valence-electron chi connectivity index (χ3n) is 4.84. The first-order chi connectivity index (χ1) is 11.8. The second kappa shape index (κ2) is 5.06. The number of hydrogen-bond donors (Lipinski definition) is 0. The third-order valence-corrected chi connectivity index (χ3v) is 4.84. The molecule has 0 radical (unpaired) electrons. The summed E-state index contributed by atoms with van der Waals surface area (Å²) in [5.74, 6) is 1.83. The Bertz CT molecular complexity index is 980. The summed E-state index contributed by atoms with van der Waals surface area (Å²) in [6.45, 7) is 0.263. The number of para-hydroxylation sites is 1. The van der Waals surface area contributed by atoms with Crippen LogP contribution in [0.2, 0.25) is 0 Å². The van der Waals surface area contributed by atoms with Crippen molar-refractivity contribution in [3.8, 4) is 11.5 Å². The average molecular weight is 317 g/mol. The van der Waals surface area contributed by atoms with Crippen molar-refractivity contribution in [2.45, 2.75) is 18.8 Å². The maximum absolute atomic E-state index is 12.7. The first-order valence-corrected chi connectivity index (χ1v) is 8.09. The van der Waals surface area contributed by atoms with Gasteiger partial charge in [0.15, 0.2) is 17.3 Å². The van der Waals surface area contributed by atoms with Gasteiger partial charge in [-0.3, -0.25) is 9.78 Å². The molecule has 0 bridgehead atoms. The average Bonchev–Trinajstić information content (AvgIpc) is 3.08. The first-order valence-electron chi connectivity index (χ1n) is 8.09. The maximum atomic E-state index is 12.7. The zero-order valence-electron chi connectivity index (χ0n) is 13.0. The highest BCUT2D eigenvalue weighted by atomic mass is 16.7. The minimum absolute atomic E-state index is 0.133. The summed E-state index contributed by atoms with van der Waals surface area (Å²) in [6, 6.07) is 15.9. The van der Waals surface area contributed by atoms with Crippen LogP contribution in [0.3, 0.4) is 0 Å². The SMILES string of the molecule is O=C1CC(c2ccc3c(c2)OCO3)Cc2nc3ccccc3cc21. The van der Waals surface area contributed by atoms with Crippen molar-refractivity contribution in [2.24, 2.45) is 0 Å². The zero-order valence-corrected chi connectivity index (χ0v) is 13.0. The molecule has 24 heavy (non-hydrogen) atoms. The van der Waals surface area contributed by atoms with Gasteiger partial charge in [-0.05, 0) is 42.2 Å². The molecular formula is C20H15NO3. The van der Waals surface area contributed by atoms with E-state index in [1.165, 1.54) is 0 Å². The Kier molecular flexibility index (Phi) is 2.86. The predicted molar refractivity (Wildman–Crippen MR) is 89.7 cm³/mol. The number of carbonyl (C=O) groups is 1. The van der Waals surface area contributed by atoms with Gasteiger partial charge in [-0.1, -0.05) is 24.3 Å². The molecule has 4 heteroatoms. The van der Waals surface area contributed by atoms with E-state index in [9.17, 15) is 4.79 Å². The standard InChI is InChI=1S/C20H15NO3/c22-18-9-14(12-5-6-19-20(10-12)24-11-23-19)8-17-15(18)7-13-3-1-2-4-16(13)21-17/h1-7,10,14H,8-9,11H2. The maximum Gasteiger partial charge on any atom is 0.231 e. The summed E-state index contributed by atoms with van der Waals surface area (Å²) in [6.07, 6.45) is 1.28. The van der Waals surface area contributed by atoms with Crippen LogP contribution in [0.15, 0.2) is 48.5 Å². The van der Waals surface area contributed by atoms with Crippen molar-refractivity contribution in [3.63, 3.8) is 0 Å². The highest BCUT2D eigenvalue weighted by Gasteiger charge is 2.28. The first kappa shape index (κ1) is 13.5. The molecule has 0 saturated heterocycles. The fourth-order valence-corrected chi connectivity index (χ4v) is 3.59. The predicted octanol–water partition coefficient (Wildman–Crippen LogP) is 3.88. The number of pyridine rings is 1. The lowest BCUT2D eigenvalue weighted by atomic mass is 9.81. The molecule has 4 nitrogen and oxygen atoms in total. The Morgan fingerprint density at radius 1 is 0.958 bits per heavy atom. The van der Waals surface area contributed by atoms with Crippen LogP contribution in [0.25, 0.3) is 10.9 Å². The van der Waals surface area contributed by atoms with Crippen molar-refractivity contribution >= 4 is 16.7 Å². The monoisotopic (exact) mass is 317 g/mol. The van der Waals surface area contributed by atoms with Crippen molar-refractivity contribution < 1.29 is 14.3 Å². The smallest absolute Gasteiger partial charge is 0.231 e. The van der Waals surface area contributed by atoms with E-state index >= 15 is 0 Å². The summed E-state index contributed by atoms with van der Waals surface area (Å²) in [5, 5.41) is 1.02. The quantitative estimate of drug-likeness (QED) is 0.683. The number of nitrogens with zero attached hydrogens (tertiary/aromatic N) is 1. The van der Waals surface area contributed by atoms with Gasteiger partial charge in [-0.25, -0.2) is 0 Å². The zero-order chi connectivity index (χ0) is 16.1. The van der Waals surface area contributed by atoms with Crippen LogP contribution in [0.4, 0.5) is 0 Å². The number of fused-ring (bicyclic) bond motifs is 3. The van der Waals surface area contributed by atoms with Crippen LogP contribution in [-0.4, -0.2) is 17.6 Å². The molecule has 1 aliphatic carbocycles. The van der Waals surface area contributed by atoms with Gasteiger partial charge in [0.2, 0.25) is 6.79 Å². The van der Waals surface area contributed by atoms with Gasteiger partial charge in [0.05, 0.1) is 11.2 Å². The van der Waals surface area contributed by atoms with Crippen LogP contribution >= 0.6 is 0 Å². The molecule has 2 heterocycles. The highest BCUT2D eigenvalue weighted by molar-refractivity contribution is 6.01. The van der Waals surface area contributed by atoms with E-state index in [4.69, 9.17) is 14.5 Å². The molecule has 2 aromatic carbocycles. The molecule has 1 aromatic heterocycles. The van der Waals surface area contributed by atoms with E-state index in [-0.39, 0.29) is 18.5 Å². The van der Waals surface area contributed by atoms with Gasteiger partial charge < -0.3 is 9.47 Å². The fourth-order valence-electron chi connectivity index (χ4n) is 3.59. The van der Waals surface area contributed by atoms with E-state index in [0.717, 1.165) is 45.6 Å². The molecule has 0 N–H and O–H groups in total. The van der Waals surface area contributed by atoms with Gasteiger partial charge in [0, 0.05) is 17.4 Å². The number of ketones is 1. The Morgan fingerprint density at radius 3 is 2.79 bits per heavy atom. The lowest BCUT2D eigenvalue weighted by Crippen LogP contribution is -2.20. The van der Waals surface area contributed by atoms with Crippen molar-refractivity contribution in [2.75, 3.05) is 6.79 Å². The van der Waals surface area contributed by atoms with E-state index in [1.807, 2.05) is 48.5 Å². The van der Waals surface area contributed by atoms with Gasteiger partial charge in [0.25, 0.3) is 0 Å². The van der Waals surface area contributed by atoms with Crippen LogP contribution in [0, 0.1) is 0 Å². The molecule has 1 unspecified atom stereocenters. The second-order valence-electron chi connectivity index (χ2n) is 6.32. The van der Waals surface area contributed by atoms with E-state index < -0.39 is 0 Å². The Balaban J connectivity index is 1.56. The molecule has 1 aliphatic heterocycles. The largest absolute Gasteiger partial charge is 0.454 e. The van der Waals surface area contributed by atoms with E-state index in [0.29, 0.717) is 6.42 Å². The Hall–Kier alpha value is -2.88. The van der Waals surface area contributed by atoms with Crippen molar-refractivity contribution in [1.82, 2.24) is 4.98 Å². The number of aromatic nitrogens is 1. The summed E-state index contributed by atoms with van der Waals surface area (Å²) in [5.41, 5.74) is 3.71. The molecule has 5 rings (SSSR count). The van der Waals surface area contributed by atoms with E-state index in [1.54, 1.807) is 0 Å². The number of rotatable bonds is 1. The van der Waals surface area contributed by atoms with Crippen LogP contribution in [-0.2, 0) is 6.42 Å². The number of hydrogen-bond acceptors (Lipinski definition) is 4. The lowest BCUT2D eigenvalue weighted by Gasteiger charge is -2.23. The number of carbonyl (C=O) groups excluding carboxylic acids is 1. The van der Waals surface area contributed by atoms with Gasteiger partial charge in [-0.2, -0.15) is 0 Å². The third kappa shape index (κ3) is 2.07. The van der Waals surface area contributed by atoms with Crippen LogP contribution in [0.1, 0.15) is 34.0 Å². The van der Waals surface area contributed by atoms with E-state index in [2.05, 4.69) is 0 Å². The van der Waals surface area contributed by atoms with Crippen LogP contribution < -0.4 is 9.47 Å². The summed E-state index contributed by atoms with van der Waals surface area (Å²) in [4.78, 5) is 17.4. The van der Waals surface area contributed by atoms with Gasteiger partial charge in [0.1, 0.15) is 0 Å². The minimum Gasteiger partial charge on any atom is -0.454 e. The molecule has 3 aromatic rings. The van der Waals surface area contributed by atoms with Crippen molar-refractivity contribution in [3.05, 3.63) is 65.4 Å². The Morgan fingerprint density at radius 2 is 1.83 bits per heavy atom. The molecule has 1 atom stereocenters. The molecule has 0 fully saturated rings. The Labute approximate surface area is 139 Å². The molecule has 118 valence electrons. The number of ether oxygens (including phenoxy) is 2. The molecule has 2 aliphatic rings. The van der Waals surface area contributed by atoms with Gasteiger partial charge in [-0.15, -0.1) is 0 Å².